The van der Waals surface area contributed by atoms with Crippen molar-refractivity contribution in [3.05, 3.63) is 65.7 Å². The van der Waals surface area contributed by atoms with Crippen LogP contribution in [0.5, 0.6) is 0 Å². The molecule has 0 spiro atoms. The fraction of sp³-hybridized carbons (Fsp3) is 0.370. The summed E-state index contributed by atoms with van der Waals surface area (Å²) in [6.07, 6.45) is 6.18. The van der Waals surface area contributed by atoms with Gasteiger partial charge in [0.15, 0.2) is 0 Å². The van der Waals surface area contributed by atoms with E-state index in [0.717, 1.165) is 60.1 Å². The van der Waals surface area contributed by atoms with E-state index in [1.165, 1.54) is 0 Å². The fourth-order valence-electron chi connectivity index (χ4n) is 4.40. The molecular formula is C27H33N5O. The average Bonchev–Trinajstić information content (AvgIpc) is 2.83. The Morgan fingerprint density at radius 1 is 1.00 bits per heavy atom. The van der Waals surface area contributed by atoms with Gasteiger partial charge in [0.05, 0.1) is 5.52 Å². The van der Waals surface area contributed by atoms with Gasteiger partial charge in [-0.05, 0) is 62.3 Å². The summed E-state index contributed by atoms with van der Waals surface area (Å²) in [4.78, 5) is 24.0. The number of rotatable bonds is 7. The van der Waals surface area contributed by atoms with Gasteiger partial charge in [0.25, 0.3) is 0 Å². The monoisotopic (exact) mass is 443 g/mol. The number of nitrogens with zero attached hydrogens (tertiary/aromatic N) is 3. The van der Waals surface area contributed by atoms with E-state index >= 15 is 0 Å². The summed E-state index contributed by atoms with van der Waals surface area (Å²) in [5, 5.41) is 7.73. The van der Waals surface area contributed by atoms with E-state index in [1.807, 2.05) is 80.5 Å². The Hall–Kier alpha value is -3.41. The number of nitrogens with one attached hydrogen (secondary N) is 2. The molecule has 1 fully saturated rings. The minimum absolute atomic E-state index is 0.0138. The van der Waals surface area contributed by atoms with Crippen LogP contribution in [0.4, 0.5) is 11.8 Å². The Kier molecular flexibility index (Phi) is 7.23. The zero-order valence-electron chi connectivity index (χ0n) is 19.7. The number of aromatic nitrogens is 2. The van der Waals surface area contributed by atoms with Gasteiger partial charge >= 0.3 is 0 Å². The predicted octanol–water partition coefficient (Wildman–Crippen LogP) is 4.89. The first-order chi connectivity index (χ1) is 16.0. The van der Waals surface area contributed by atoms with E-state index in [-0.39, 0.29) is 5.91 Å². The molecule has 4 rings (SSSR count). The summed E-state index contributed by atoms with van der Waals surface area (Å²) in [7, 11) is 4.02. The molecule has 33 heavy (non-hydrogen) atoms. The molecule has 0 aliphatic heterocycles. The minimum Gasteiger partial charge on any atom is -0.362 e. The Balaban J connectivity index is 1.29. The van der Waals surface area contributed by atoms with E-state index in [4.69, 9.17) is 9.97 Å². The van der Waals surface area contributed by atoms with Crippen molar-refractivity contribution in [1.29, 1.82) is 0 Å². The second kappa shape index (κ2) is 10.5. The number of carbonyl (C=O) groups excluding carboxylic acids is 1. The molecule has 172 valence electrons. The quantitative estimate of drug-likeness (QED) is 0.509. The maximum Gasteiger partial charge on any atom is 0.246 e. The van der Waals surface area contributed by atoms with Crippen molar-refractivity contribution >= 4 is 34.7 Å². The molecule has 1 aliphatic carbocycles. The van der Waals surface area contributed by atoms with Gasteiger partial charge < -0.3 is 15.5 Å². The molecular weight excluding hydrogens is 410 g/mol. The Morgan fingerprint density at radius 2 is 1.70 bits per heavy atom. The first-order valence-electron chi connectivity index (χ1n) is 11.7. The number of carbonyl (C=O) groups is 1. The summed E-state index contributed by atoms with van der Waals surface area (Å²) >= 11 is 0. The molecule has 0 saturated heterocycles. The highest BCUT2D eigenvalue weighted by Gasteiger charge is 2.23. The van der Waals surface area contributed by atoms with Gasteiger partial charge in [0.1, 0.15) is 5.82 Å². The van der Waals surface area contributed by atoms with Crippen molar-refractivity contribution in [2.75, 3.05) is 30.9 Å². The van der Waals surface area contributed by atoms with Crippen molar-refractivity contribution in [3.63, 3.8) is 0 Å². The summed E-state index contributed by atoms with van der Waals surface area (Å²) in [5.41, 5.74) is 2.74. The average molecular weight is 444 g/mol. The molecule has 0 bridgehead atoms. The third-order valence-corrected chi connectivity index (χ3v) is 6.28. The summed E-state index contributed by atoms with van der Waals surface area (Å²) in [6.45, 7) is 2.59. The number of amides is 1. The van der Waals surface area contributed by atoms with Crippen LogP contribution < -0.4 is 15.5 Å². The number of anilines is 2. The van der Waals surface area contributed by atoms with Crippen molar-refractivity contribution in [3.8, 4) is 0 Å². The Morgan fingerprint density at radius 3 is 2.42 bits per heavy atom. The van der Waals surface area contributed by atoms with Crippen LogP contribution in [0.2, 0.25) is 0 Å². The lowest BCUT2D eigenvalue weighted by Crippen LogP contribution is -2.34. The molecule has 0 radical (unpaired) electrons. The van der Waals surface area contributed by atoms with Gasteiger partial charge in [-0.2, -0.15) is 4.98 Å². The maximum atomic E-state index is 12.5. The normalized spacial score (nSPS) is 18.7. The predicted molar refractivity (Wildman–Crippen MR) is 136 cm³/mol. The van der Waals surface area contributed by atoms with E-state index in [1.54, 1.807) is 0 Å². The highest BCUT2D eigenvalue weighted by atomic mass is 16.1. The topological polar surface area (TPSA) is 70.2 Å². The Bertz CT molecular complexity index is 1120. The summed E-state index contributed by atoms with van der Waals surface area (Å²) < 4.78 is 0. The summed E-state index contributed by atoms with van der Waals surface area (Å²) in [6, 6.07) is 18.4. The SMILES string of the molecule is C/C(=C\c1ccccc1)C(=O)NCC1CCC(Nc2nc(N(C)C)c3ccccc3n2)CC1. The molecule has 2 N–H and O–H groups in total. The minimum atomic E-state index is 0.0138. The molecule has 3 aromatic rings. The molecule has 1 saturated carbocycles. The van der Waals surface area contributed by atoms with Crippen LogP contribution in [0.25, 0.3) is 17.0 Å². The molecule has 1 heterocycles. The van der Waals surface area contributed by atoms with Gasteiger partial charge in [0.2, 0.25) is 11.9 Å². The number of hydrogen-bond acceptors (Lipinski definition) is 5. The van der Waals surface area contributed by atoms with Crippen LogP contribution in [-0.4, -0.2) is 42.6 Å². The van der Waals surface area contributed by atoms with Crippen LogP contribution in [-0.2, 0) is 4.79 Å². The molecule has 6 nitrogen and oxygen atoms in total. The molecule has 1 aliphatic rings. The van der Waals surface area contributed by atoms with Crippen LogP contribution >= 0.6 is 0 Å². The van der Waals surface area contributed by atoms with Crippen molar-refractivity contribution < 1.29 is 4.79 Å². The molecule has 0 atom stereocenters. The molecule has 0 unspecified atom stereocenters. The standard InChI is InChI=1S/C27H33N5O/c1-19(17-20-9-5-4-6-10-20)26(33)28-18-21-13-15-22(16-14-21)29-27-30-24-12-8-7-11-23(24)25(31-27)32(2)3/h4-12,17,21-22H,13-16,18H2,1-3H3,(H,28,33)(H,29,30,31)/b19-17+. The third-order valence-electron chi connectivity index (χ3n) is 6.28. The Labute approximate surface area is 196 Å². The van der Waals surface area contributed by atoms with Crippen molar-refractivity contribution in [2.45, 2.75) is 38.6 Å². The lowest BCUT2D eigenvalue weighted by Gasteiger charge is -2.29. The van der Waals surface area contributed by atoms with E-state index in [2.05, 4.69) is 16.7 Å². The second-order valence-corrected chi connectivity index (χ2v) is 9.09. The lowest BCUT2D eigenvalue weighted by atomic mass is 9.86. The number of para-hydroxylation sites is 1. The molecule has 2 aromatic carbocycles. The van der Waals surface area contributed by atoms with Crippen LogP contribution in [0.1, 0.15) is 38.2 Å². The van der Waals surface area contributed by atoms with Gasteiger partial charge in [-0.1, -0.05) is 42.5 Å². The third kappa shape index (κ3) is 5.89. The molecule has 1 aromatic heterocycles. The van der Waals surface area contributed by atoms with Crippen LogP contribution in [0.15, 0.2) is 60.2 Å². The highest BCUT2D eigenvalue weighted by molar-refractivity contribution is 5.97. The summed E-state index contributed by atoms with van der Waals surface area (Å²) in [5.74, 6) is 2.14. The molecule has 1 amide bonds. The molecule has 6 heteroatoms. The van der Waals surface area contributed by atoms with E-state index in [0.29, 0.717) is 17.9 Å². The maximum absolute atomic E-state index is 12.5. The zero-order valence-corrected chi connectivity index (χ0v) is 19.7. The second-order valence-electron chi connectivity index (χ2n) is 9.09. The fourth-order valence-corrected chi connectivity index (χ4v) is 4.40. The largest absolute Gasteiger partial charge is 0.362 e. The number of fused-ring (bicyclic) bond motifs is 1. The van der Waals surface area contributed by atoms with Gasteiger partial charge in [-0.15, -0.1) is 0 Å². The zero-order chi connectivity index (χ0) is 23.2. The van der Waals surface area contributed by atoms with Crippen molar-refractivity contribution in [2.24, 2.45) is 5.92 Å². The first kappa shape index (κ1) is 22.8. The van der Waals surface area contributed by atoms with Gasteiger partial charge in [0, 0.05) is 37.6 Å². The highest BCUT2D eigenvalue weighted by Crippen LogP contribution is 2.28. The van der Waals surface area contributed by atoms with Gasteiger partial charge in [-0.25, -0.2) is 4.98 Å². The van der Waals surface area contributed by atoms with Gasteiger partial charge in [-0.3, -0.25) is 4.79 Å². The number of hydrogen-bond donors (Lipinski definition) is 2. The van der Waals surface area contributed by atoms with Crippen molar-refractivity contribution in [1.82, 2.24) is 15.3 Å². The van der Waals surface area contributed by atoms with Crippen LogP contribution in [0, 0.1) is 5.92 Å². The van der Waals surface area contributed by atoms with E-state index < -0.39 is 0 Å². The lowest BCUT2D eigenvalue weighted by molar-refractivity contribution is -0.117. The van der Waals surface area contributed by atoms with Crippen LogP contribution in [0.3, 0.4) is 0 Å². The first-order valence-corrected chi connectivity index (χ1v) is 11.7. The number of benzene rings is 2. The smallest absolute Gasteiger partial charge is 0.246 e. The van der Waals surface area contributed by atoms with E-state index in [9.17, 15) is 4.79 Å².